The van der Waals surface area contributed by atoms with E-state index in [1.807, 2.05) is 125 Å². The molecule has 94 heavy (non-hydrogen) atoms. The van der Waals surface area contributed by atoms with Gasteiger partial charge in [-0.3, -0.25) is 42.5 Å². The van der Waals surface area contributed by atoms with Crippen LogP contribution in [0.3, 0.4) is 0 Å². The zero-order valence-corrected chi connectivity index (χ0v) is 57.2. The van der Waals surface area contributed by atoms with E-state index in [0.29, 0.717) is 78.5 Å². The molecule has 0 aromatic heterocycles. The van der Waals surface area contributed by atoms with E-state index in [0.717, 1.165) is 22.3 Å². The zero-order chi connectivity index (χ0) is 69.1. The number of ether oxygens (including phenoxy) is 8. The van der Waals surface area contributed by atoms with Crippen LogP contribution in [0, 0.1) is 17.8 Å². The van der Waals surface area contributed by atoms with Crippen LogP contribution in [0.1, 0.15) is 114 Å². The zero-order valence-electron chi connectivity index (χ0n) is 54.5. The van der Waals surface area contributed by atoms with E-state index in [4.69, 9.17) is 61.1 Å². The van der Waals surface area contributed by atoms with Gasteiger partial charge in [0.05, 0.1) is 62.7 Å². The number of carboxylic acids is 2. The number of esters is 4. The van der Waals surface area contributed by atoms with Crippen molar-refractivity contribution in [3.05, 3.63) is 144 Å². The SMILES string of the molecule is CCOCCCOP(=O)(CC(CCC(=O)O)C(=O)O)OCCCOCC.CCOCCCOP(=O)(CC(CCC(=O)OCc1ccccc1)C(=O)OCc1ccccc1)OCCCOCC.O=C(CCC(CP(=O)(O)O)C(=O)OCc1ccccc1)OCc1ccccc1. The first-order chi connectivity index (χ1) is 45.1. The van der Waals surface area contributed by atoms with Crippen LogP contribution in [0.15, 0.2) is 121 Å². The van der Waals surface area contributed by atoms with Crippen LogP contribution in [0.4, 0.5) is 0 Å². The molecule has 0 aliphatic heterocycles. The van der Waals surface area contributed by atoms with Gasteiger partial charge in [-0.15, -0.1) is 0 Å². The number of carbonyl (C=O) groups is 6. The van der Waals surface area contributed by atoms with Crippen molar-refractivity contribution in [2.45, 2.75) is 118 Å². The molecule has 4 aromatic carbocycles. The quantitative estimate of drug-likeness (QED) is 0.0138. The van der Waals surface area contributed by atoms with E-state index in [9.17, 15) is 57.4 Å². The van der Waals surface area contributed by atoms with Crippen molar-refractivity contribution < 1.29 is 118 Å². The van der Waals surface area contributed by atoms with Crippen molar-refractivity contribution >= 4 is 58.6 Å². The number of carboxylic acid groups (broad SMARTS) is 2. The molecule has 0 fully saturated rings. The predicted octanol–water partition coefficient (Wildman–Crippen LogP) is 11.6. The minimum atomic E-state index is -4.45. The molecule has 4 rings (SSSR count). The highest BCUT2D eigenvalue weighted by Gasteiger charge is 2.36. The molecule has 0 saturated heterocycles. The molecular weight excluding hydrogens is 1290 g/mol. The second-order valence-corrected chi connectivity index (χ2v) is 26.8. The van der Waals surface area contributed by atoms with Gasteiger partial charge in [-0.25, -0.2) is 0 Å². The Morgan fingerprint density at radius 3 is 0.926 bits per heavy atom. The summed E-state index contributed by atoms with van der Waals surface area (Å²) in [7, 11) is -11.8. The lowest BCUT2D eigenvalue weighted by atomic mass is 10.1. The Labute approximate surface area is 552 Å². The van der Waals surface area contributed by atoms with E-state index in [-0.39, 0.29) is 104 Å². The molecule has 0 radical (unpaired) electrons. The summed E-state index contributed by atoms with van der Waals surface area (Å²) in [6.07, 6.45) is 0.142. The van der Waals surface area contributed by atoms with E-state index in [2.05, 4.69) is 0 Å². The van der Waals surface area contributed by atoms with Crippen molar-refractivity contribution in [3.63, 3.8) is 0 Å². The van der Waals surface area contributed by atoms with Gasteiger partial charge in [-0.05, 0) is 94.9 Å². The van der Waals surface area contributed by atoms with Crippen LogP contribution in [0.5, 0.6) is 0 Å². The average Bonchev–Trinajstić information content (AvgIpc) is 1.06. The normalized spacial score (nSPS) is 12.4. The fraction of sp³-hybridized carbons (Fsp3) is 0.545. The van der Waals surface area contributed by atoms with Crippen LogP contribution in [0.25, 0.3) is 0 Å². The minimum Gasteiger partial charge on any atom is -0.481 e. The molecule has 0 aliphatic rings. The first-order valence-corrected chi connectivity index (χ1v) is 36.7. The molecule has 4 aromatic rings. The maximum absolute atomic E-state index is 13.8. The summed E-state index contributed by atoms with van der Waals surface area (Å²) >= 11 is 0. The first-order valence-electron chi connectivity index (χ1n) is 31.5. The highest BCUT2D eigenvalue weighted by atomic mass is 31.2. The maximum atomic E-state index is 13.8. The van der Waals surface area contributed by atoms with Crippen molar-refractivity contribution in [3.8, 4) is 0 Å². The van der Waals surface area contributed by atoms with E-state index in [1.54, 1.807) is 24.3 Å². The maximum Gasteiger partial charge on any atom is 0.331 e. The third-order valence-electron chi connectivity index (χ3n) is 13.1. The molecule has 3 atom stereocenters. The predicted molar refractivity (Wildman–Crippen MR) is 349 cm³/mol. The molecule has 526 valence electrons. The smallest absolute Gasteiger partial charge is 0.331 e. The van der Waals surface area contributed by atoms with Gasteiger partial charge < -0.3 is 76.0 Å². The Bertz CT molecular complexity index is 2790. The summed E-state index contributed by atoms with van der Waals surface area (Å²) in [5.41, 5.74) is 3.26. The van der Waals surface area contributed by atoms with Gasteiger partial charge in [0.25, 0.3) is 0 Å². The first kappa shape index (κ1) is 84.1. The van der Waals surface area contributed by atoms with Crippen molar-refractivity contribution in [2.75, 3.05) is 97.8 Å². The van der Waals surface area contributed by atoms with Crippen LogP contribution < -0.4 is 0 Å². The second-order valence-electron chi connectivity index (χ2n) is 20.9. The van der Waals surface area contributed by atoms with E-state index >= 15 is 0 Å². The Balaban J connectivity index is 0.000000496. The van der Waals surface area contributed by atoms with Crippen molar-refractivity contribution in [1.29, 1.82) is 0 Å². The molecule has 0 heterocycles. The molecule has 0 bridgehead atoms. The monoisotopic (exact) mass is 1380 g/mol. The molecule has 25 nitrogen and oxygen atoms in total. The summed E-state index contributed by atoms with van der Waals surface area (Å²) in [5, 5.41) is 18.0. The van der Waals surface area contributed by atoms with Crippen LogP contribution >= 0.6 is 22.8 Å². The van der Waals surface area contributed by atoms with Crippen molar-refractivity contribution in [1.82, 2.24) is 0 Å². The number of hydrogen-bond acceptors (Lipinski definition) is 21. The highest BCUT2D eigenvalue weighted by molar-refractivity contribution is 7.54. The average molecular weight is 1380 g/mol. The van der Waals surface area contributed by atoms with E-state index < -0.39 is 82.5 Å². The van der Waals surface area contributed by atoms with Crippen LogP contribution in [0.2, 0.25) is 0 Å². The molecule has 3 unspecified atom stereocenters. The third-order valence-corrected chi connectivity index (χ3v) is 18.1. The Morgan fingerprint density at radius 1 is 0.372 bits per heavy atom. The number of rotatable bonds is 50. The van der Waals surface area contributed by atoms with Crippen molar-refractivity contribution in [2.24, 2.45) is 17.8 Å². The fourth-order valence-corrected chi connectivity index (χ4v) is 13.1. The standard InChI is InChI=1S/C30H43O9P.C20H23O7P.C16H31O9P/c1-3-34-19-11-21-38-40(33,39-22-12-20-35-4-2)25-28(30(32)37-24-27-15-9-6-10-16-27)17-18-29(31)36-23-26-13-7-5-8-14-26;21-19(26-13-16-7-3-1-4-8-16)12-11-18(15-28(23,24)25)20(22)27-14-17-9-5-2-6-10-17;1-3-22-9-5-11-24-26(21,25-12-6-10-23-4-2)13-14(16(19)20)7-8-15(17)18/h5-10,13-16,28H,3-4,11-12,17-25H2,1-2H3;1-10,18H,11-15H2,(H2,23,24,25);14H,3-13H2,1-2H3,(H,17,18)(H,19,20). The summed E-state index contributed by atoms with van der Waals surface area (Å²) < 4.78 is 102. The third kappa shape index (κ3) is 43.1. The van der Waals surface area contributed by atoms with Gasteiger partial charge in [0, 0.05) is 72.1 Å². The van der Waals surface area contributed by atoms with Gasteiger partial charge in [0.2, 0.25) is 0 Å². The highest BCUT2D eigenvalue weighted by Crippen LogP contribution is 2.52. The minimum absolute atomic E-state index is 0.00418. The fourth-order valence-electron chi connectivity index (χ4n) is 8.20. The van der Waals surface area contributed by atoms with Crippen LogP contribution in [-0.4, -0.2) is 154 Å². The van der Waals surface area contributed by atoms with E-state index in [1.165, 1.54) is 0 Å². The lowest BCUT2D eigenvalue weighted by Gasteiger charge is -2.23. The Morgan fingerprint density at radius 2 is 0.649 bits per heavy atom. The largest absolute Gasteiger partial charge is 0.481 e. The lowest BCUT2D eigenvalue weighted by molar-refractivity contribution is -0.152. The summed E-state index contributed by atoms with van der Waals surface area (Å²) in [4.78, 5) is 90.4. The summed E-state index contributed by atoms with van der Waals surface area (Å²) in [5.74, 6) is -7.75. The molecule has 0 saturated carbocycles. The Kier molecular flexibility index (Phi) is 45.9. The number of carbonyl (C=O) groups excluding carboxylic acids is 4. The summed E-state index contributed by atoms with van der Waals surface area (Å²) in [6.45, 7) is 12.3. The number of aliphatic carboxylic acids is 2. The Hall–Kier alpha value is -6.01. The van der Waals surface area contributed by atoms with Gasteiger partial charge in [-0.1, -0.05) is 121 Å². The van der Waals surface area contributed by atoms with Gasteiger partial charge in [0.15, 0.2) is 0 Å². The summed E-state index contributed by atoms with van der Waals surface area (Å²) in [6, 6.07) is 36.6. The molecule has 0 aliphatic carbocycles. The lowest BCUT2D eigenvalue weighted by Crippen LogP contribution is -2.24. The molecule has 0 amide bonds. The number of hydrogen-bond donors (Lipinski definition) is 4. The second kappa shape index (κ2) is 51.3. The van der Waals surface area contributed by atoms with Gasteiger partial charge in [0.1, 0.15) is 26.4 Å². The molecular formula is C66H97O25P3. The molecule has 0 spiro atoms. The van der Waals surface area contributed by atoms with Crippen LogP contribution in [-0.2, 0) is 125 Å². The molecule has 28 heteroatoms. The molecule has 4 N–H and O–H groups in total. The topological polar surface area (TPSA) is 345 Å². The number of benzene rings is 4. The van der Waals surface area contributed by atoms with Gasteiger partial charge >= 0.3 is 58.6 Å². The van der Waals surface area contributed by atoms with Gasteiger partial charge in [-0.2, -0.15) is 0 Å².